The van der Waals surface area contributed by atoms with Gasteiger partial charge in [-0.2, -0.15) is 0 Å². The second-order valence-corrected chi connectivity index (χ2v) is 6.08. The van der Waals surface area contributed by atoms with Crippen molar-refractivity contribution in [2.24, 2.45) is 0 Å². The van der Waals surface area contributed by atoms with Gasteiger partial charge in [-0.3, -0.25) is 0 Å². The molecule has 0 saturated heterocycles. The molecule has 1 aromatic heterocycles. The van der Waals surface area contributed by atoms with E-state index in [1.54, 1.807) is 0 Å². The van der Waals surface area contributed by atoms with Gasteiger partial charge in [0, 0.05) is 18.0 Å². The van der Waals surface area contributed by atoms with Crippen molar-refractivity contribution in [3.05, 3.63) is 16.5 Å². The van der Waals surface area contributed by atoms with Crippen molar-refractivity contribution in [1.29, 1.82) is 0 Å². The van der Waals surface area contributed by atoms with Crippen LogP contribution in [0, 0.1) is 6.92 Å². The van der Waals surface area contributed by atoms with Crippen LogP contribution >= 0.6 is 11.6 Å². The molecule has 0 amide bonds. The quantitative estimate of drug-likeness (QED) is 0.787. The number of hydrogen-bond donors (Lipinski definition) is 2. The highest BCUT2D eigenvalue weighted by atomic mass is 35.5. The number of rotatable bonds is 6. The van der Waals surface area contributed by atoms with Crippen molar-refractivity contribution in [2.45, 2.75) is 58.0 Å². The van der Waals surface area contributed by atoms with Crippen LogP contribution in [0.25, 0.3) is 0 Å². The molecular formula is C14H22ClN3O. The average molecular weight is 284 g/mol. The summed E-state index contributed by atoms with van der Waals surface area (Å²) in [4.78, 5) is 8.87. The van der Waals surface area contributed by atoms with E-state index in [2.05, 4.69) is 22.2 Å². The van der Waals surface area contributed by atoms with E-state index >= 15 is 0 Å². The summed E-state index contributed by atoms with van der Waals surface area (Å²) in [5.41, 5.74) is 0.122. The molecule has 0 bridgehead atoms. The maximum atomic E-state index is 10.2. The Labute approximate surface area is 119 Å². The second kappa shape index (κ2) is 5.63. The third-order valence-electron chi connectivity index (χ3n) is 3.47. The van der Waals surface area contributed by atoms with E-state index in [1.165, 1.54) is 0 Å². The first-order chi connectivity index (χ1) is 8.93. The van der Waals surface area contributed by atoms with E-state index in [4.69, 9.17) is 11.6 Å². The predicted octanol–water partition coefficient (Wildman–Crippen LogP) is 3.28. The normalized spacial score (nSPS) is 18.2. The smallest absolute Gasteiger partial charge is 0.137 e. The first kappa shape index (κ1) is 14.5. The van der Waals surface area contributed by atoms with Gasteiger partial charge in [0.1, 0.15) is 16.8 Å². The van der Waals surface area contributed by atoms with Crippen LogP contribution in [0.3, 0.4) is 0 Å². The highest BCUT2D eigenvalue weighted by Gasteiger charge is 2.28. The molecule has 1 fully saturated rings. The third-order valence-corrected chi connectivity index (χ3v) is 3.84. The lowest BCUT2D eigenvalue weighted by molar-refractivity contribution is 0.0636. The fraction of sp³-hybridized carbons (Fsp3) is 0.714. The summed E-state index contributed by atoms with van der Waals surface area (Å²) < 4.78 is 0. The summed E-state index contributed by atoms with van der Waals surface area (Å²) in [6.07, 6.45) is 4.00. The van der Waals surface area contributed by atoms with Crippen LogP contribution in [-0.2, 0) is 0 Å². The fourth-order valence-electron chi connectivity index (χ4n) is 2.10. The molecule has 106 valence electrons. The topological polar surface area (TPSA) is 58.0 Å². The van der Waals surface area contributed by atoms with Gasteiger partial charge in [-0.05, 0) is 33.1 Å². The van der Waals surface area contributed by atoms with Crippen molar-refractivity contribution >= 4 is 17.4 Å². The fourth-order valence-corrected chi connectivity index (χ4v) is 2.28. The van der Waals surface area contributed by atoms with Crippen molar-refractivity contribution in [2.75, 3.05) is 11.9 Å². The summed E-state index contributed by atoms with van der Waals surface area (Å²) in [6.45, 7) is 6.27. The molecule has 0 radical (unpaired) electrons. The van der Waals surface area contributed by atoms with Gasteiger partial charge in [0.05, 0.1) is 5.60 Å². The van der Waals surface area contributed by atoms with Gasteiger partial charge in [0.15, 0.2) is 0 Å². The zero-order chi connectivity index (χ0) is 14.0. The molecule has 0 aliphatic heterocycles. The number of aliphatic hydroxyl groups is 1. The number of nitrogens with one attached hydrogen (secondary N) is 1. The molecule has 1 unspecified atom stereocenters. The molecule has 1 saturated carbocycles. The lowest BCUT2D eigenvalue weighted by Crippen LogP contribution is -2.33. The standard InChI is InChI=1S/C14H22ClN3O/c1-4-7-14(3,19)8-16-12-9(2)11(15)17-13(18-12)10-5-6-10/h10,19H,4-8H2,1-3H3,(H,16,17,18). The Balaban J connectivity index is 2.10. The van der Waals surface area contributed by atoms with Crippen LogP contribution in [-0.4, -0.2) is 27.2 Å². The molecule has 0 spiro atoms. The number of aromatic nitrogens is 2. The molecule has 2 N–H and O–H groups in total. The van der Waals surface area contributed by atoms with Crippen LogP contribution in [0.5, 0.6) is 0 Å². The summed E-state index contributed by atoms with van der Waals surface area (Å²) >= 11 is 6.15. The zero-order valence-electron chi connectivity index (χ0n) is 11.8. The lowest BCUT2D eigenvalue weighted by atomic mass is 10.0. The van der Waals surface area contributed by atoms with E-state index in [1.807, 2.05) is 13.8 Å². The summed E-state index contributed by atoms with van der Waals surface area (Å²) in [5, 5.41) is 13.9. The van der Waals surface area contributed by atoms with E-state index in [0.717, 1.165) is 42.9 Å². The van der Waals surface area contributed by atoms with Crippen LogP contribution < -0.4 is 5.32 Å². The summed E-state index contributed by atoms with van der Waals surface area (Å²) in [6, 6.07) is 0. The molecular weight excluding hydrogens is 262 g/mol. The Morgan fingerprint density at radius 1 is 1.42 bits per heavy atom. The first-order valence-electron chi connectivity index (χ1n) is 6.93. The number of nitrogens with zero attached hydrogens (tertiary/aromatic N) is 2. The molecule has 1 heterocycles. The Morgan fingerprint density at radius 3 is 2.68 bits per heavy atom. The van der Waals surface area contributed by atoms with Gasteiger partial charge in [-0.25, -0.2) is 9.97 Å². The van der Waals surface area contributed by atoms with Crippen molar-refractivity contribution in [3.63, 3.8) is 0 Å². The lowest BCUT2D eigenvalue weighted by Gasteiger charge is -2.24. The van der Waals surface area contributed by atoms with Gasteiger partial charge in [-0.1, -0.05) is 24.9 Å². The Hall–Kier alpha value is -0.870. The molecule has 1 aliphatic rings. The molecule has 4 nitrogen and oxygen atoms in total. The number of anilines is 1. The van der Waals surface area contributed by atoms with Crippen molar-refractivity contribution < 1.29 is 5.11 Å². The predicted molar refractivity (Wildman–Crippen MR) is 77.8 cm³/mol. The van der Waals surface area contributed by atoms with Gasteiger partial charge >= 0.3 is 0 Å². The van der Waals surface area contributed by atoms with Gasteiger partial charge in [0.25, 0.3) is 0 Å². The minimum Gasteiger partial charge on any atom is -0.388 e. The van der Waals surface area contributed by atoms with Crippen LogP contribution in [0.4, 0.5) is 5.82 Å². The third kappa shape index (κ3) is 3.80. The summed E-state index contributed by atoms with van der Waals surface area (Å²) in [5.74, 6) is 2.04. The molecule has 1 aliphatic carbocycles. The van der Waals surface area contributed by atoms with Crippen molar-refractivity contribution in [3.8, 4) is 0 Å². The molecule has 1 aromatic rings. The maximum Gasteiger partial charge on any atom is 0.137 e. The minimum atomic E-state index is -0.724. The average Bonchev–Trinajstić information content (AvgIpc) is 3.15. The van der Waals surface area contributed by atoms with Crippen LogP contribution in [0.1, 0.15) is 56.8 Å². The van der Waals surface area contributed by atoms with Gasteiger partial charge in [0.2, 0.25) is 0 Å². The van der Waals surface area contributed by atoms with E-state index in [0.29, 0.717) is 17.6 Å². The number of halogens is 1. The van der Waals surface area contributed by atoms with Crippen LogP contribution in [0.2, 0.25) is 5.15 Å². The van der Waals surface area contributed by atoms with Gasteiger partial charge in [-0.15, -0.1) is 0 Å². The zero-order valence-corrected chi connectivity index (χ0v) is 12.6. The van der Waals surface area contributed by atoms with E-state index in [9.17, 15) is 5.11 Å². The monoisotopic (exact) mass is 283 g/mol. The number of hydrogen-bond acceptors (Lipinski definition) is 4. The largest absolute Gasteiger partial charge is 0.388 e. The Morgan fingerprint density at radius 2 is 2.11 bits per heavy atom. The second-order valence-electron chi connectivity index (χ2n) is 5.72. The first-order valence-corrected chi connectivity index (χ1v) is 7.31. The molecule has 2 rings (SSSR count). The highest BCUT2D eigenvalue weighted by Crippen LogP contribution is 2.39. The van der Waals surface area contributed by atoms with E-state index < -0.39 is 5.60 Å². The SMILES string of the molecule is CCCC(C)(O)CNc1nc(C2CC2)nc(Cl)c1C. The van der Waals surface area contributed by atoms with Crippen LogP contribution in [0.15, 0.2) is 0 Å². The molecule has 5 heteroatoms. The molecule has 0 aromatic carbocycles. The Bertz CT molecular complexity index is 458. The van der Waals surface area contributed by atoms with Crippen molar-refractivity contribution in [1.82, 2.24) is 9.97 Å². The summed E-state index contributed by atoms with van der Waals surface area (Å²) in [7, 11) is 0. The molecule has 1 atom stereocenters. The minimum absolute atomic E-state index is 0.467. The van der Waals surface area contributed by atoms with E-state index in [-0.39, 0.29) is 0 Å². The Kier molecular flexibility index (Phi) is 4.31. The maximum absolute atomic E-state index is 10.2. The molecule has 19 heavy (non-hydrogen) atoms. The highest BCUT2D eigenvalue weighted by molar-refractivity contribution is 6.30. The van der Waals surface area contributed by atoms with Gasteiger partial charge < -0.3 is 10.4 Å².